The van der Waals surface area contributed by atoms with Gasteiger partial charge in [0, 0.05) is 13.1 Å². The van der Waals surface area contributed by atoms with Gasteiger partial charge in [-0.2, -0.15) is 4.31 Å². The number of hydrogen-bond donors (Lipinski definition) is 1. The van der Waals surface area contributed by atoms with Gasteiger partial charge in [-0.15, -0.1) is 0 Å². The van der Waals surface area contributed by atoms with E-state index in [1.54, 1.807) is 13.8 Å². The molecule has 2 unspecified atom stereocenters. The van der Waals surface area contributed by atoms with Crippen molar-refractivity contribution in [1.82, 2.24) is 4.31 Å². The van der Waals surface area contributed by atoms with Crippen LogP contribution < -0.4 is 0 Å². The van der Waals surface area contributed by atoms with Gasteiger partial charge >= 0.3 is 0 Å². The zero-order valence-corrected chi connectivity index (χ0v) is 12.2. The number of halogens is 1. The average molecular weight is 303 g/mol. The number of morpholine rings is 1. The molecular weight excluding hydrogens is 285 g/mol. The molecule has 0 saturated carbocycles. The Morgan fingerprint density at radius 1 is 1.35 bits per heavy atom. The van der Waals surface area contributed by atoms with Crippen LogP contribution in [0, 0.1) is 5.82 Å². The molecule has 1 aromatic carbocycles. The van der Waals surface area contributed by atoms with Crippen molar-refractivity contribution < 1.29 is 22.7 Å². The van der Waals surface area contributed by atoms with E-state index in [1.165, 1.54) is 16.4 Å². The number of hydrogen-bond acceptors (Lipinski definition) is 4. The molecule has 0 bridgehead atoms. The molecule has 2 atom stereocenters. The molecule has 1 aliphatic rings. The van der Waals surface area contributed by atoms with Crippen molar-refractivity contribution in [2.75, 3.05) is 13.1 Å². The maximum absolute atomic E-state index is 13.9. The fourth-order valence-corrected chi connectivity index (χ4v) is 3.95. The van der Waals surface area contributed by atoms with E-state index in [4.69, 9.17) is 9.84 Å². The molecule has 1 heterocycles. The van der Waals surface area contributed by atoms with Gasteiger partial charge in [0.2, 0.25) is 10.0 Å². The van der Waals surface area contributed by atoms with E-state index in [0.29, 0.717) is 5.56 Å². The molecule has 0 radical (unpaired) electrons. The number of aliphatic hydroxyl groups excluding tert-OH is 1. The number of nitrogens with zero attached hydrogens (tertiary/aromatic N) is 1. The molecule has 112 valence electrons. The van der Waals surface area contributed by atoms with E-state index in [-0.39, 0.29) is 36.8 Å². The highest BCUT2D eigenvalue weighted by atomic mass is 32.2. The standard InChI is InChI=1S/C13H18FNO4S/c1-9-6-15(7-10(2)19-9)20(17,18)13-4-3-11(8-16)5-12(13)14/h3-5,9-10,16H,6-8H2,1-2H3. The Morgan fingerprint density at radius 3 is 2.45 bits per heavy atom. The Hall–Kier alpha value is -1.02. The predicted molar refractivity (Wildman–Crippen MR) is 71.1 cm³/mol. The lowest BCUT2D eigenvalue weighted by molar-refractivity contribution is -0.0441. The van der Waals surface area contributed by atoms with E-state index < -0.39 is 15.8 Å². The molecule has 0 amide bonds. The summed E-state index contributed by atoms with van der Waals surface area (Å²) in [6, 6.07) is 3.64. The highest BCUT2D eigenvalue weighted by molar-refractivity contribution is 7.89. The second-order valence-corrected chi connectivity index (χ2v) is 6.91. The van der Waals surface area contributed by atoms with Crippen molar-refractivity contribution >= 4 is 10.0 Å². The first kappa shape index (κ1) is 15.4. The summed E-state index contributed by atoms with van der Waals surface area (Å²) in [7, 11) is -3.89. The number of ether oxygens (including phenoxy) is 1. The lowest BCUT2D eigenvalue weighted by Gasteiger charge is -2.34. The number of sulfonamides is 1. The quantitative estimate of drug-likeness (QED) is 0.908. The first-order valence-corrected chi connectivity index (χ1v) is 7.83. The molecule has 7 heteroatoms. The van der Waals surface area contributed by atoms with E-state index in [1.807, 2.05) is 0 Å². The summed E-state index contributed by atoms with van der Waals surface area (Å²) in [6.07, 6.45) is -0.457. The Kier molecular flexibility index (Phi) is 4.43. The summed E-state index contributed by atoms with van der Waals surface area (Å²) in [5.41, 5.74) is 0.338. The van der Waals surface area contributed by atoms with Crippen LogP contribution in [0.5, 0.6) is 0 Å². The fourth-order valence-electron chi connectivity index (χ4n) is 2.32. The van der Waals surface area contributed by atoms with Crippen LogP contribution in [0.2, 0.25) is 0 Å². The van der Waals surface area contributed by atoms with Crippen LogP contribution >= 0.6 is 0 Å². The lowest BCUT2D eigenvalue weighted by atomic mass is 10.2. The third kappa shape index (κ3) is 3.01. The van der Waals surface area contributed by atoms with Gasteiger partial charge in [0.05, 0.1) is 18.8 Å². The zero-order valence-electron chi connectivity index (χ0n) is 11.4. The minimum Gasteiger partial charge on any atom is -0.392 e. The van der Waals surface area contributed by atoms with Crippen LogP contribution in [0.15, 0.2) is 23.1 Å². The van der Waals surface area contributed by atoms with Crippen LogP contribution in [0.25, 0.3) is 0 Å². The van der Waals surface area contributed by atoms with Gasteiger partial charge in [-0.1, -0.05) is 6.07 Å². The molecule has 0 aromatic heterocycles. The summed E-state index contributed by atoms with van der Waals surface area (Å²) in [6.45, 7) is 3.64. The van der Waals surface area contributed by atoms with Crippen LogP contribution in [0.4, 0.5) is 4.39 Å². The maximum Gasteiger partial charge on any atom is 0.246 e. The molecule has 1 saturated heterocycles. The average Bonchev–Trinajstić information content (AvgIpc) is 2.37. The normalized spacial score (nSPS) is 24.8. The van der Waals surface area contributed by atoms with Gasteiger partial charge in [0.25, 0.3) is 0 Å². The molecule has 0 spiro atoms. The molecule has 2 rings (SSSR count). The molecule has 1 aromatic rings. The Bertz CT molecular complexity index is 580. The highest BCUT2D eigenvalue weighted by Gasteiger charge is 2.33. The van der Waals surface area contributed by atoms with E-state index in [2.05, 4.69) is 0 Å². The third-order valence-electron chi connectivity index (χ3n) is 3.18. The van der Waals surface area contributed by atoms with E-state index in [9.17, 15) is 12.8 Å². The zero-order chi connectivity index (χ0) is 14.9. The SMILES string of the molecule is CC1CN(S(=O)(=O)c2ccc(CO)cc2F)CC(C)O1. The number of rotatable bonds is 3. The smallest absolute Gasteiger partial charge is 0.246 e. The second kappa shape index (κ2) is 5.77. The van der Waals surface area contributed by atoms with Crippen molar-refractivity contribution in [3.05, 3.63) is 29.6 Å². The Balaban J connectivity index is 2.35. The molecular formula is C13H18FNO4S. The summed E-state index contributed by atoms with van der Waals surface area (Å²) in [5.74, 6) is -0.844. The summed E-state index contributed by atoms with van der Waals surface area (Å²) in [4.78, 5) is -0.365. The summed E-state index contributed by atoms with van der Waals surface area (Å²) in [5, 5.41) is 8.93. The molecule has 20 heavy (non-hydrogen) atoms. The molecule has 1 aliphatic heterocycles. The van der Waals surface area contributed by atoms with Crippen LogP contribution in [-0.2, 0) is 21.4 Å². The molecule has 1 N–H and O–H groups in total. The topological polar surface area (TPSA) is 66.8 Å². The van der Waals surface area contributed by atoms with Gasteiger partial charge < -0.3 is 9.84 Å². The lowest BCUT2D eigenvalue weighted by Crippen LogP contribution is -2.48. The van der Waals surface area contributed by atoms with Gasteiger partial charge in [-0.3, -0.25) is 0 Å². The van der Waals surface area contributed by atoms with Crippen molar-refractivity contribution in [2.45, 2.75) is 37.6 Å². The molecule has 1 fully saturated rings. The first-order valence-electron chi connectivity index (χ1n) is 6.39. The predicted octanol–water partition coefficient (Wildman–Crippen LogP) is 1.12. The van der Waals surface area contributed by atoms with Gasteiger partial charge in [0.1, 0.15) is 10.7 Å². The molecule has 5 nitrogen and oxygen atoms in total. The van der Waals surface area contributed by atoms with Gasteiger partial charge in [-0.25, -0.2) is 12.8 Å². The van der Waals surface area contributed by atoms with Crippen molar-refractivity contribution in [1.29, 1.82) is 0 Å². The minimum atomic E-state index is -3.89. The molecule has 0 aliphatic carbocycles. The Labute approximate surface area is 118 Å². The largest absolute Gasteiger partial charge is 0.392 e. The van der Waals surface area contributed by atoms with E-state index >= 15 is 0 Å². The van der Waals surface area contributed by atoms with Crippen LogP contribution in [0.1, 0.15) is 19.4 Å². The third-order valence-corrected chi connectivity index (χ3v) is 5.05. The minimum absolute atomic E-state index is 0.202. The van der Waals surface area contributed by atoms with Crippen molar-refractivity contribution in [3.63, 3.8) is 0 Å². The van der Waals surface area contributed by atoms with Crippen molar-refractivity contribution in [3.8, 4) is 0 Å². The summed E-state index contributed by atoms with van der Waals surface area (Å²) < 4.78 is 45.6. The van der Waals surface area contributed by atoms with Crippen LogP contribution in [0.3, 0.4) is 0 Å². The number of benzene rings is 1. The number of aliphatic hydroxyl groups is 1. The monoisotopic (exact) mass is 303 g/mol. The van der Waals surface area contributed by atoms with E-state index in [0.717, 1.165) is 6.07 Å². The Morgan fingerprint density at radius 2 is 1.95 bits per heavy atom. The summed E-state index contributed by atoms with van der Waals surface area (Å²) >= 11 is 0. The second-order valence-electron chi connectivity index (χ2n) is 5.00. The first-order chi connectivity index (χ1) is 9.34. The fraction of sp³-hybridized carbons (Fsp3) is 0.538. The van der Waals surface area contributed by atoms with Gasteiger partial charge in [-0.05, 0) is 31.5 Å². The van der Waals surface area contributed by atoms with Gasteiger partial charge in [0.15, 0.2) is 0 Å². The maximum atomic E-state index is 13.9. The van der Waals surface area contributed by atoms with Crippen LogP contribution in [-0.4, -0.2) is 43.1 Å². The van der Waals surface area contributed by atoms with Crippen molar-refractivity contribution in [2.24, 2.45) is 0 Å². The highest BCUT2D eigenvalue weighted by Crippen LogP contribution is 2.24.